The van der Waals surface area contributed by atoms with Crippen molar-refractivity contribution in [3.8, 4) is 11.5 Å². The van der Waals surface area contributed by atoms with Gasteiger partial charge < -0.3 is 14.8 Å². The summed E-state index contributed by atoms with van der Waals surface area (Å²) in [5.74, 6) is 1.38. The van der Waals surface area contributed by atoms with E-state index in [1.54, 1.807) is 55.6 Å². The van der Waals surface area contributed by atoms with E-state index < -0.39 is 10.0 Å². The molecule has 1 aliphatic heterocycles. The summed E-state index contributed by atoms with van der Waals surface area (Å²) in [6.45, 7) is 1.17. The molecule has 0 bridgehead atoms. The third-order valence-electron chi connectivity index (χ3n) is 4.23. The van der Waals surface area contributed by atoms with E-state index in [1.165, 1.54) is 4.31 Å². The molecule has 0 spiro atoms. The van der Waals surface area contributed by atoms with Crippen LogP contribution in [0.1, 0.15) is 16.8 Å². The normalized spacial score (nSPS) is 15.4. The summed E-state index contributed by atoms with van der Waals surface area (Å²) >= 11 is 0. The maximum Gasteiger partial charge on any atom is 0.251 e. The van der Waals surface area contributed by atoms with Crippen molar-refractivity contribution in [2.24, 2.45) is 0 Å². The number of sulfonamides is 1. The Morgan fingerprint density at radius 3 is 2.33 bits per heavy atom. The lowest BCUT2D eigenvalue weighted by atomic mass is 10.2. The predicted octanol–water partition coefficient (Wildman–Crippen LogP) is 2.04. The molecule has 2 aromatic carbocycles. The summed E-state index contributed by atoms with van der Waals surface area (Å²) in [4.78, 5) is 12.2. The molecule has 1 aliphatic rings. The Hall–Kier alpha value is -2.74. The Balaban J connectivity index is 1.48. The summed E-state index contributed by atoms with van der Waals surface area (Å²) in [7, 11) is -1.61. The van der Waals surface area contributed by atoms with Gasteiger partial charge in [-0.1, -0.05) is 0 Å². The Morgan fingerprint density at radius 1 is 1.07 bits per heavy atom. The standard InChI is InChI=1S/C19H22N2O5S/c1-25-17-7-9-18(10-8-17)26-13-11-20-19(22)15-3-5-16(6-4-15)21-12-2-14-27(21,23)24/h3-10H,2,11-14H2,1H3,(H,20,22). The van der Waals surface area contributed by atoms with Gasteiger partial charge in [-0.2, -0.15) is 0 Å². The van der Waals surface area contributed by atoms with Crippen LogP contribution < -0.4 is 19.1 Å². The van der Waals surface area contributed by atoms with E-state index in [-0.39, 0.29) is 11.7 Å². The highest BCUT2D eigenvalue weighted by Gasteiger charge is 2.28. The Bertz CT molecular complexity index is 879. The molecule has 0 aromatic heterocycles. The van der Waals surface area contributed by atoms with Crippen LogP contribution in [0.4, 0.5) is 5.69 Å². The topological polar surface area (TPSA) is 84.9 Å². The summed E-state index contributed by atoms with van der Waals surface area (Å²) in [6, 6.07) is 13.8. The van der Waals surface area contributed by atoms with Gasteiger partial charge in [0.2, 0.25) is 10.0 Å². The Kier molecular flexibility index (Phi) is 5.85. The molecule has 1 saturated heterocycles. The molecule has 144 valence electrons. The summed E-state index contributed by atoms with van der Waals surface area (Å²) in [6.07, 6.45) is 0.624. The van der Waals surface area contributed by atoms with E-state index in [9.17, 15) is 13.2 Å². The lowest BCUT2D eigenvalue weighted by Crippen LogP contribution is -2.28. The fourth-order valence-corrected chi connectivity index (χ4v) is 4.38. The number of hydrogen-bond acceptors (Lipinski definition) is 5. The number of hydrogen-bond donors (Lipinski definition) is 1. The van der Waals surface area contributed by atoms with Crippen LogP contribution in [0.25, 0.3) is 0 Å². The highest BCUT2D eigenvalue weighted by Crippen LogP contribution is 2.24. The van der Waals surface area contributed by atoms with Crippen molar-refractivity contribution in [2.75, 3.05) is 36.9 Å². The Labute approximate surface area is 158 Å². The highest BCUT2D eigenvalue weighted by molar-refractivity contribution is 7.93. The first kappa shape index (κ1) is 19.0. The fourth-order valence-electron chi connectivity index (χ4n) is 2.82. The molecule has 27 heavy (non-hydrogen) atoms. The van der Waals surface area contributed by atoms with Crippen LogP contribution in [-0.4, -0.2) is 46.9 Å². The number of methoxy groups -OCH3 is 1. The second-order valence-electron chi connectivity index (χ2n) is 6.07. The molecule has 1 amide bonds. The van der Waals surface area contributed by atoms with Gasteiger partial charge in [0.05, 0.1) is 25.1 Å². The third-order valence-corrected chi connectivity index (χ3v) is 6.10. The summed E-state index contributed by atoms with van der Waals surface area (Å²) < 4.78 is 35.9. The van der Waals surface area contributed by atoms with Crippen molar-refractivity contribution in [2.45, 2.75) is 6.42 Å². The summed E-state index contributed by atoms with van der Waals surface area (Å²) in [5.41, 5.74) is 1.06. The molecular weight excluding hydrogens is 368 g/mol. The van der Waals surface area contributed by atoms with Crippen molar-refractivity contribution < 1.29 is 22.7 Å². The maximum absolute atomic E-state index is 12.2. The Morgan fingerprint density at radius 2 is 1.74 bits per heavy atom. The number of amides is 1. The molecule has 3 rings (SSSR count). The minimum Gasteiger partial charge on any atom is -0.497 e. The molecule has 0 unspecified atom stereocenters. The number of nitrogens with one attached hydrogen (secondary N) is 1. The molecule has 0 aliphatic carbocycles. The maximum atomic E-state index is 12.2. The van der Waals surface area contributed by atoms with Crippen LogP contribution in [0.2, 0.25) is 0 Å². The largest absolute Gasteiger partial charge is 0.497 e. The molecule has 2 aromatic rings. The third kappa shape index (κ3) is 4.71. The van der Waals surface area contributed by atoms with Gasteiger partial charge in [-0.3, -0.25) is 9.10 Å². The van der Waals surface area contributed by atoms with E-state index in [0.29, 0.717) is 43.1 Å². The van der Waals surface area contributed by atoms with E-state index in [2.05, 4.69) is 5.32 Å². The molecule has 0 radical (unpaired) electrons. The SMILES string of the molecule is COc1ccc(OCCNC(=O)c2ccc(N3CCCS3(=O)=O)cc2)cc1. The molecule has 1 heterocycles. The molecule has 0 saturated carbocycles. The van der Waals surface area contributed by atoms with Crippen LogP contribution >= 0.6 is 0 Å². The number of carbonyl (C=O) groups is 1. The predicted molar refractivity (Wildman–Crippen MR) is 103 cm³/mol. The van der Waals surface area contributed by atoms with Crippen LogP contribution in [0.3, 0.4) is 0 Å². The average Bonchev–Trinajstić information content (AvgIpc) is 3.04. The van der Waals surface area contributed by atoms with Crippen molar-refractivity contribution in [3.05, 3.63) is 54.1 Å². The molecule has 0 atom stereocenters. The zero-order valence-corrected chi connectivity index (χ0v) is 15.9. The fraction of sp³-hybridized carbons (Fsp3) is 0.316. The number of benzene rings is 2. The number of ether oxygens (including phenoxy) is 2. The quantitative estimate of drug-likeness (QED) is 0.732. The first-order valence-corrected chi connectivity index (χ1v) is 10.3. The molecular formula is C19H22N2O5S. The molecule has 8 heteroatoms. The zero-order valence-electron chi connectivity index (χ0n) is 15.1. The lowest BCUT2D eigenvalue weighted by Gasteiger charge is -2.17. The van der Waals surface area contributed by atoms with Gasteiger partial charge >= 0.3 is 0 Å². The monoisotopic (exact) mass is 390 g/mol. The van der Waals surface area contributed by atoms with Crippen LogP contribution in [-0.2, 0) is 10.0 Å². The molecule has 1 N–H and O–H groups in total. The van der Waals surface area contributed by atoms with E-state index >= 15 is 0 Å². The van der Waals surface area contributed by atoms with E-state index in [1.807, 2.05) is 0 Å². The van der Waals surface area contributed by atoms with Crippen molar-refractivity contribution >= 4 is 21.6 Å². The van der Waals surface area contributed by atoms with E-state index in [0.717, 1.165) is 5.75 Å². The van der Waals surface area contributed by atoms with Crippen molar-refractivity contribution in [3.63, 3.8) is 0 Å². The second kappa shape index (κ2) is 8.30. The first-order chi connectivity index (χ1) is 13.0. The van der Waals surface area contributed by atoms with Gasteiger partial charge in [-0.15, -0.1) is 0 Å². The van der Waals surface area contributed by atoms with E-state index in [4.69, 9.17) is 9.47 Å². The van der Waals surface area contributed by atoms with Crippen molar-refractivity contribution in [1.82, 2.24) is 5.32 Å². The van der Waals surface area contributed by atoms with Gasteiger partial charge in [0.1, 0.15) is 18.1 Å². The lowest BCUT2D eigenvalue weighted by molar-refractivity contribution is 0.0947. The minimum absolute atomic E-state index is 0.170. The zero-order chi connectivity index (χ0) is 19.3. The molecule has 7 nitrogen and oxygen atoms in total. The van der Waals surface area contributed by atoms with Gasteiger partial charge in [-0.05, 0) is 55.0 Å². The smallest absolute Gasteiger partial charge is 0.251 e. The van der Waals surface area contributed by atoms with Gasteiger partial charge in [0, 0.05) is 12.1 Å². The van der Waals surface area contributed by atoms with Crippen LogP contribution in [0.15, 0.2) is 48.5 Å². The number of nitrogens with zero attached hydrogens (tertiary/aromatic N) is 1. The van der Waals surface area contributed by atoms with Gasteiger partial charge in [-0.25, -0.2) is 8.42 Å². The molecule has 1 fully saturated rings. The van der Waals surface area contributed by atoms with Gasteiger partial charge in [0.15, 0.2) is 0 Å². The van der Waals surface area contributed by atoms with Gasteiger partial charge in [0.25, 0.3) is 5.91 Å². The average molecular weight is 390 g/mol. The number of carbonyl (C=O) groups excluding carboxylic acids is 1. The van der Waals surface area contributed by atoms with Crippen molar-refractivity contribution in [1.29, 1.82) is 0 Å². The first-order valence-electron chi connectivity index (χ1n) is 8.65. The highest BCUT2D eigenvalue weighted by atomic mass is 32.2. The van der Waals surface area contributed by atoms with Crippen LogP contribution in [0.5, 0.6) is 11.5 Å². The minimum atomic E-state index is -3.21. The second-order valence-corrected chi connectivity index (χ2v) is 8.08. The number of rotatable bonds is 7. The summed E-state index contributed by atoms with van der Waals surface area (Å²) in [5, 5.41) is 2.78. The number of anilines is 1. The van der Waals surface area contributed by atoms with Crippen LogP contribution in [0, 0.1) is 0 Å².